The Morgan fingerprint density at radius 3 is 2.69 bits per heavy atom. The molecule has 0 aliphatic heterocycles. The smallest absolute Gasteiger partial charge is 0.278 e. The molecule has 0 unspecified atom stereocenters. The van der Waals surface area contributed by atoms with E-state index in [-0.39, 0.29) is 0 Å². The SMILES string of the molecule is COc1c(C(=O)NO)ccc2ccccc12. The van der Waals surface area contributed by atoms with Gasteiger partial charge >= 0.3 is 0 Å². The molecule has 2 N–H and O–H groups in total. The third-order valence-corrected chi connectivity index (χ3v) is 2.43. The molecule has 4 heteroatoms. The first-order valence-electron chi connectivity index (χ1n) is 4.78. The Kier molecular flexibility index (Phi) is 2.74. The van der Waals surface area contributed by atoms with Crippen LogP contribution in [0.25, 0.3) is 10.8 Å². The Morgan fingerprint density at radius 1 is 1.25 bits per heavy atom. The molecule has 0 heterocycles. The summed E-state index contributed by atoms with van der Waals surface area (Å²) in [4.78, 5) is 11.4. The summed E-state index contributed by atoms with van der Waals surface area (Å²) in [6.07, 6.45) is 0. The maximum Gasteiger partial charge on any atom is 0.278 e. The molecule has 82 valence electrons. The van der Waals surface area contributed by atoms with Crippen LogP contribution in [0.2, 0.25) is 0 Å². The first-order valence-corrected chi connectivity index (χ1v) is 4.78. The van der Waals surface area contributed by atoms with E-state index in [0.717, 1.165) is 10.8 Å². The zero-order chi connectivity index (χ0) is 11.5. The van der Waals surface area contributed by atoms with Crippen molar-refractivity contribution in [3.8, 4) is 5.75 Å². The highest BCUT2D eigenvalue weighted by molar-refractivity contribution is 6.03. The molecule has 0 atom stereocenters. The molecular formula is C12H11NO3. The van der Waals surface area contributed by atoms with E-state index in [1.165, 1.54) is 7.11 Å². The van der Waals surface area contributed by atoms with Gasteiger partial charge in [-0.2, -0.15) is 0 Å². The zero-order valence-electron chi connectivity index (χ0n) is 8.73. The van der Waals surface area contributed by atoms with Crippen LogP contribution in [0.3, 0.4) is 0 Å². The maximum atomic E-state index is 11.4. The van der Waals surface area contributed by atoms with Crippen LogP contribution >= 0.6 is 0 Å². The van der Waals surface area contributed by atoms with Crippen LogP contribution in [0.15, 0.2) is 36.4 Å². The third kappa shape index (κ3) is 1.59. The Morgan fingerprint density at radius 2 is 2.00 bits per heavy atom. The van der Waals surface area contributed by atoms with Crippen molar-refractivity contribution in [3.63, 3.8) is 0 Å². The van der Waals surface area contributed by atoms with Crippen molar-refractivity contribution in [2.75, 3.05) is 7.11 Å². The van der Waals surface area contributed by atoms with Crippen molar-refractivity contribution in [2.24, 2.45) is 0 Å². The van der Waals surface area contributed by atoms with E-state index >= 15 is 0 Å². The second-order valence-corrected chi connectivity index (χ2v) is 3.31. The van der Waals surface area contributed by atoms with E-state index < -0.39 is 5.91 Å². The summed E-state index contributed by atoms with van der Waals surface area (Å²) in [5, 5.41) is 10.4. The molecule has 0 saturated carbocycles. The summed E-state index contributed by atoms with van der Waals surface area (Å²) in [6.45, 7) is 0. The lowest BCUT2D eigenvalue weighted by atomic mass is 10.0. The predicted molar refractivity (Wildman–Crippen MR) is 59.8 cm³/mol. The van der Waals surface area contributed by atoms with Gasteiger partial charge in [-0.25, -0.2) is 5.48 Å². The molecule has 0 fully saturated rings. The highest BCUT2D eigenvalue weighted by Crippen LogP contribution is 2.29. The first-order chi connectivity index (χ1) is 7.77. The molecule has 0 spiro atoms. The zero-order valence-corrected chi connectivity index (χ0v) is 8.73. The molecule has 1 amide bonds. The fraction of sp³-hybridized carbons (Fsp3) is 0.0833. The minimum Gasteiger partial charge on any atom is -0.495 e. The molecule has 2 rings (SSSR count). The number of fused-ring (bicyclic) bond motifs is 1. The minimum atomic E-state index is -0.581. The number of ether oxygens (including phenoxy) is 1. The average Bonchev–Trinajstić information content (AvgIpc) is 2.36. The van der Waals surface area contributed by atoms with Crippen molar-refractivity contribution in [3.05, 3.63) is 42.0 Å². The molecule has 0 bridgehead atoms. The highest BCUT2D eigenvalue weighted by Gasteiger charge is 2.13. The second kappa shape index (κ2) is 4.20. The molecule has 0 saturated heterocycles. The van der Waals surface area contributed by atoms with Gasteiger partial charge in [0.05, 0.1) is 12.7 Å². The Labute approximate surface area is 92.4 Å². The average molecular weight is 217 g/mol. The van der Waals surface area contributed by atoms with E-state index in [4.69, 9.17) is 9.94 Å². The van der Waals surface area contributed by atoms with Gasteiger partial charge in [-0.15, -0.1) is 0 Å². The number of carbonyl (C=O) groups is 1. The molecule has 0 aliphatic carbocycles. The second-order valence-electron chi connectivity index (χ2n) is 3.31. The number of carbonyl (C=O) groups excluding carboxylic acids is 1. The monoisotopic (exact) mass is 217 g/mol. The number of nitrogens with one attached hydrogen (secondary N) is 1. The summed E-state index contributed by atoms with van der Waals surface area (Å²) in [5.41, 5.74) is 1.91. The number of amides is 1. The number of hydrogen-bond acceptors (Lipinski definition) is 3. The van der Waals surface area contributed by atoms with Gasteiger partial charge < -0.3 is 4.74 Å². The van der Waals surface area contributed by atoms with Crippen LogP contribution in [-0.2, 0) is 0 Å². The third-order valence-electron chi connectivity index (χ3n) is 2.43. The number of rotatable bonds is 2. The first kappa shape index (κ1) is 10.4. The van der Waals surface area contributed by atoms with Crippen LogP contribution in [0.4, 0.5) is 0 Å². The molecule has 2 aromatic rings. The minimum absolute atomic E-state index is 0.309. The van der Waals surface area contributed by atoms with Crippen molar-refractivity contribution in [1.82, 2.24) is 5.48 Å². The van der Waals surface area contributed by atoms with E-state index in [9.17, 15) is 4.79 Å². The van der Waals surface area contributed by atoms with Gasteiger partial charge in [-0.1, -0.05) is 30.3 Å². The van der Waals surface area contributed by atoms with Crippen LogP contribution in [0, 0.1) is 0 Å². The van der Waals surface area contributed by atoms with Gasteiger partial charge in [0.15, 0.2) is 0 Å². The molecule has 4 nitrogen and oxygen atoms in total. The molecule has 0 radical (unpaired) electrons. The molecule has 0 aliphatic rings. The molecular weight excluding hydrogens is 206 g/mol. The van der Waals surface area contributed by atoms with Crippen molar-refractivity contribution >= 4 is 16.7 Å². The topological polar surface area (TPSA) is 58.6 Å². The summed E-state index contributed by atoms with van der Waals surface area (Å²) in [7, 11) is 1.50. The Hall–Kier alpha value is -2.07. The largest absolute Gasteiger partial charge is 0.495 e. The van der Waals surface area contributed by atoms with Gasteiger partial charge in [-0.3, -0.25) is 10.0 Å². The summed E-state index contributed by atoms with van der Waals surface area (Å²) >= 11 is 0. The quantitative estimate of drug-likeness (QED) is 0.597. The number of hydrogen-bond donors (Lipinski definition) is 2. The van der Waals surface area contributed by atoms with Gasteiger partial charge in [0.1, 0.15) is 5.75 Å². The molecule has 16 heavy (non-hydrogen) atoms. The Balaban J connectivity index is 2.72. The van der Waals surface area contributed by atoms with E-state index in [0.29, 0.717) is 11.3 Å². The van der Waals surface area contributed by atoms with Crippen molar-refractivity contribution in [1.29, 1.82) is 0 Å². The standard InChI is InChI=1S/C12H11NO3/c1-16-11-9-5-3-2-4-8(9)6-7-10(11)12(14)13-15/h2-7,15H,1H3,(H,13,14). The predicted octanol–water partition coefficient (Wildman–Crippen LogP) is 1.97. The van der Waals surface area contributed by atoms with Gasteiger partial charge in [-0.05, 0) is 11.5 Å². The summed E-state index contributed by atoms with van der Waals surface area (Å²) in [5.74, 6) is -0.118. The van der Waals surface area contributed by atoms with Crippen LogP contribution in [-0.4, -0.2) is 18.2 Å². The summed E-state index contributed by atoms with van der Waals surface area (Å²) < 4.78 is 5.21. The lowest BCUT2D eigenvalue weighted by Crippen LogP contribution is -2.19. The lowest BCUT2D eigenvalue weighted by molar-refractivity contribution is 0.0703. The highest BCUT2D eigenvalue weighted by atomic mass is 16.5. The fourth-order valence-corrected chi connectivity index (χ4v) is 1.70. The lowest BCUT2D eigenvalue weighted by Gasteiger charge is -2.09. The summed E-state index contributed by atoms with van der Waals surface area (Å²) in [6, 6.07) is 11.0. The number of hydroxylamine groups is 1. The number of methoxy groups -OCH3 is 1. The van der Waals surface area contributed by atoms with E-state index in [2.05, 4.69) is 0 Å². The van der Waals surface area contributed by atoms with Crippen molar-refractivity contribution in [2.45, 2.75) is 0 Å². The van der Waals surface area contributed by atoms with Crippen LogP contribution in [0.1, 0.15) is 10.4 Å². The van der Waals surface area contributed by atoms with Gasteiger partial charge in [0.2, 0.25) is 0 Å². The van der Waals surface area contributed by atoms with Crippen molar-refractivity contribution < 1.29 is 14.7 Å². The van der Waals surface area contributed by atoms with E-state index in [1.807, 2.05) is 30.3 Å². The Bertz CT molecular complexity index is 537. The maximum absolute atomic E-state index is 11.4. The van der Waals surface area contributed by atoms with Crippen LogP contribution in [0.5, 0.6) is 5.75 Å². The normalized spacial score (nSPS) is 10.1. The number of benzene rings is 2. The molecule has 0 aromatic heterocycles. The van der Waals surface area contributed by atoms with E-state index in [1.54, 1.807) is 11.5 Å². The fourth-order valence-electron chi connectivity index (χ4n) is 1.70. The van der Waals surface area contributed by atoms with Gasteiger partial charge in [0.25, 0.3) is 5.91 Å². The van der Waals surface area contributed by atoms with Gasteiger partial charge in [0, 0.05) is 5.39 Å². The molecule has 2 aromatic carbocycles. The van der Waals surface area contributed by atoms with Crippen LogP contribution < -0.4 is 10.2 Å².